The zero-order valence-electron chi connectivity index (χ0n) is 16.2. The first kappa shape index (κ1) is 18.3. The number of benzene rings is 1. The molecule has 3 heterocycles. The maximum atomic E-state index is 5.50. The molecule has 27 heavy (non-hydrogen) atoms. The molecule has 2 aromatic heterocycles. The lowest BCUT2D eigenvalue weighted by Crippen LogP contribution is -2.46. The van der Waals surface area contributed by atoms with Gasteiger partial charge in [-0.2, -0.15) is 4.98 Å². The normalized spacial score (nSPS) is 16.3. The summed E-state index contributed by atoms with van der Waals surface area (Å²) in [6.07, 6.45) is 0. The van der Waals surface area contributed by atoms with E-state index in [-0.39, 0.29) is 0 Å². The largest absolute Gasteiger partial charge is 0.297 e. The summed E-state index contributed by atoms with van der Waals surface area (Å²) in [6, 6.07) is 10.9. The van der Waals surface area contributed by atoms with Gasteiger partial charge in [0.1, 0.15) is 0 Å². The zero-order valence-corrected chi connectivity index (χ0v) is 17.0. The second-order valence-corrected chi connectivity index (χ2v) is 7.83. The molecule has 1 aromatic carbocycles. The molecule has 0 amide bonds. The number of piperazine rings is 1. The molecule has 1 aliphatic rings. The van der Waals surface area contributed by atoms with Crippen molar-refractivity contribution in [1.82, 2.24) is 29.0 Å². The molecule has 3 aromatic rings. The van der Waals surface area contributed by atoms with Crippen LogP contribution in [-0.2, 0) is 13.2 Å². The SMILES string of the molecule is Cc1cccc(CN2CCN(Cn3c(=S)nc4nc(C)cc(C)n43)CC2)c1. The van der Waals surface area contributed by atoms with Crippen molar-refractivity contribution in [2.75, 3.05) is 26.2 Å². The van der Waals surface area contributed by atoms with Gasteiger partial charge < -0.3 is 0 Å². The van der Waals surface area contributed by atoms with Crippen molar-refractivity contribution < 1.29 is 0 Å². The van der Waals surface area contributed by atoms with Crippen molar-refractivity contribution in [3.05, 3.63) is 57.6 Å². The molecule has 4 rings (SSSR count). The molecule has 1 fully saturated rings. The second-order valence-electron chi connectivity index (χ2n) is 7.47. The van der Waals surface area contributed by atoms with Crippen LogP contribution in [0.5, 0.6) is 0 Å². The highest BCUT2D eigenvalue weighted by atomic mass is 32.1. The average molecular weight is 383 g/mol. The van der Waals surface area contributed by atoms with Crippen molar-refractivity contribution in [3.8, 4) is 0 Å². The Hall–Kier alpha value is -2.09. The van der Waals surface area contributed by atoms with Gasteiger partial charge in [-0.15, -0.1) is 0 Å². The Kier molecular flexibility index (Phi) is 5.08. The molecule has 0 radical (unpaired) electrons. The number of hydrogen-bond acceptors (Lipinski definition) is 5. The van der Waals surface area contributed by atoms with Gasteiger partial charge in [0.15, 0.2) is 0 Å². The van der Waals surface area contributed by atoms with Gasteiger partial charge in [0.2, 0.25) is 4.77 Å². The van der Waals surface area contributed by atoms with Gasteiger partial charge in [-0.3, -0.25) is 9.80 Å². The molecule has 0 aliphatic carbocycles. The maximum absolute atomic E-state index is 5.50. The second kappa shape index (κ2) is 7.50. The lowest BCUT2D eigenvalue weighted by atomic mass is 10.1. The van der Waals surface area contributed by atoms with Crippen LogP contribution in [0.25, 0.3) is 5.78 Å². The predicted molar refractivity (Wildman–Crippen MR) is 109 cm³/mol. The Labute approximate surface area is 165 Å². The summed E-state index contributed by atoms with van der Waals surface area (Å²) in [4.78, 5) is 13.9. The van der Waals surface area contributed by atoms with Crippen molar-refractivity contribution in [2.24, 2.45) is 0 Å². The minimum Gasteiger partial charge on any atom is -0.297 e. The summed E-state index contributed by atoms with van der Waals surface area (Å²) in [6.45, 7) is 12.2. The van der Waals surface area contributed by atoms with Gasteiger partial charge >= 0.3 is 0 Å². The van der Waals surface area contributed by atoms with E-state index in [2.05, 4.69) is 68.6 Å². The van der Waals surface area contributed by atoms with E-state index in [0.29, 0.717) is 10.5 Å². The quantitative estimate of drug-likeness (QED) is 0.649. The van der Waals surface area contributed by atoms with Crippen LogP contribution >= 0.6 is 12.2 Å². The fourth-order valence-corrected chi connectivity index (χ4v) is 4.05. The van der Waals surface area contributed by atoms with Crippen LogP contribution in [0.2, 0.25) is 0 Å². The third-order valence-corrected chi connectivity index (χ3v) is 5.47. The van der Waals surface area contributed by atoms with Gasteiger partial charge in [-0.05, 0) is 44.6 Å². The van der Waals surface area contributed by atoms with E-state index in [1.807, 2.05) is 11.4 Å². The van der Waals surface area contributed by atoms with Crippen molar-refractivity contribution in [2.45, 2.75) is 34.0 Å². The molecule has 0 bridgehead atoms. The van der Waals surface area contributed by atoms with E-state index >= 15 is 0 Å². The first-order chi connectivity index (χ1) is 13.0. The molecular weight excluding hydrogens is 356 g/mol. The summed E-state index contributed by atoms with van der Waals surface area (Å²) in [5.41, 5.74) is 4.80. The summed E-state index contributed by atoms with van der Waals surface area (Å²) >= 11 is 5.50. The molecule has 0 spiro atoms. The van der Waals surface area contributed by atoms with Crippen LogP contribution in [0.1, 0.15) is 22.5 Å². The zero-order chi connectivity index (χ0) is 19.0. The molecular formula is C20H26N6S. The maximum Gasteiger partial charge on any atom is 0.252 e. The van der Waals surface area contributed by atoms with Crippen LogP contribution < -0.4 is 0 Å². The first-order valence-electron chi connectivity index (χ1n) is 9.44. The third-order valence-electron chi connectivity index (χ3n) is 5.16. The molecule has 0 unspecified atom stereocenters. The minimum atomic E-state index is 0.596. The summed E-state index contributed by atoms with van der Waals surface area (Å²) < 4.78 is 4.69. The van der Waals surface area contributed by atoms with E-state index in [0.717, 1.165) is 50.8 Å². The Morgan fingerprint density at radius 1 is 0.963 bits per heavy atom. The van der Waals surface area contributed by atoms with Crippen molar-refractivity contribution in [3.63, 3.8) is 0 Å². The van der Waals surface area contributed by atoms with E-state index < -0.39 is 0 Å². The Morgan fingerprint density at radius 2 is 1.70 bits per heavy atom. The van der Waals surface area contributed by atoms with Gasteiger partial charge in [0.05, 0.1) is 6.67 Å². The fraction of sp³-hybridized carbons (Fsp3) is 0.450. The lowest BCUT2D eigenvalue weighted by molar-refractivity contribution is 0.0964. The van der Waals surface area contributed by atoms with Crippen molar-refractivity contribution >= 4 is 18.0 Å². The number of nitrogens with zero attached hydrogens (tertiary/aromatic N) is 6. The summed E-state index contributed by atoms with van der Waals surface area (Å²) in [5, 5.41) is 0. The molecule has 1 aliphatic heterocycles. The van der Waals surface area contributed by atoms with E-state index in [4.69, 9.17) is 12.2 Å². The molecule has 7 heteroatoms. The first-order valence-corrected chi connectivity index (χ1v) is 9.84. The standard InChI is InChI=1S/C20H26N6S/c1-15-5-4-6-18(11-15)13-23-7-9-24(10-8-23)14-25-20(27)22-19-21-16(2)12-17(3)26(19)25/h4-6,11-12H,7-10,13-14H2,1-3H3. The fourth-order valence-electron chi connectivity index (χ4n) is 3.83. The van der Waals surface area contributed by atoms with Gasteiger partial charge in [0, 0.05) is 44.1 Å². The highest BCUT2D eigenvalue weighted by molar-refractivity contribution is 7.71. The van der Waals surface area contributed by atoms with E-state index in [1.165, 1.54) is 11.1 Å². The Morgan fingerprint density at radius 3 is 2.44 bits per heavy atom. The van der Waals surface area contributed by atoms with Crippen molar-refractivity contribution in [1.29, 1.82) is 0 Å². The number of rotatable bonds is 4. The van der Waals surface area contributed by atoms with Crippen LogP contribution in [0.15, 0.2) is 30.3 Å². The van der Waals surface area contributed by atoms with E-state index in [9.17, 15) is 0 Å². The highest BCUT2D eigenvalue weighted by Crippen LogP contribution is 2.12. The number of aromatic nitrogens is 4. The third kappa shape index (κ3) is 3.95. The molecule has 6 nitrogen and oxygen atoms in total. The Bertz CT molecular complexity index is 1010. The van der Waals surface area contributed by atoms with Crippen LogP contribution in [-0.4, -0.2) is 55.1 Å². The van der Waals surface area contributed by atoms with Gasteiger partial charge in [-0.1, -0.05) is 29.8 Å². The highest BCUT2D eigenvalue weighted by Gasteiger charge is 2.19. The van der Waals surface area contributed by atoms with Gasteiger partial charge in [0.25, 0.3) is 5.78 Å². The number of fused-ring (bicyclic) bond motifs is 1. The number of aryl methyl sites for hydroxylation is 3. The molecule has 0 atom stereocenters. The van der Waals surface area contributed by atoms with Gasteiger partial charge in [-0.25, -0.2) is 14.2 Å². The summed E-state index contributed by atoms with van der Waals surface area (Å²) in [7, 11) is 0. The monoisotopic (exact) mass is 382 g/mol. The average Bonchev–Trinajstić information content (AvgIpc) is 2.92. The molecule has 0 saturated carbocycles. The number of hydrogen-bond donors (Lipinski definition) is 0. The molecule has 1 saturated heterocycles. The predicted octanol–water partition coefficient (Wildman–Crippen LogP) is 2.96. The minimum absolute atomic E-state index is 0.596. The van der Waals surface area contributed by atoms with Crippen LogP contribution in [0, 0.1) is 25.5 Å². The van der Waals surface area contributed by atoms with Crippen LogP contribution in [0.3, 0.4) is 0 Å². The molecule has 0 N–H and O–H groups in total. The molecule has 142 valence electrons. The topological polar surface area (TPSA) is 41.6 Å². The lowest BCUT2D eigenvalue weighted by Gasteiger charge is -2.34. The Balaban J connectivity index is 1.43. The van der Waals surface area contributed by atoms with E-state index in [1.54, 1.807) is 0 Å². The van der Waals surface area contributed by atoms with Crippen LogP contribution in [0.4, 0.5) is 0 Å². The smallest absolute Gasteiger partial charge is 0.252 e. The summed E-state index contributed by atoms with van der Waals surface area (Å²) in [5.74, 6) is 0.690.